The lowest BCUT2D eigenvalue weighted by Crippen LogP contribution is -2.55. The van der Waals surface area contributed by atoms with E-state index in [0.717, 1.165) is 19.5 Å². The second-order valence-corrected chi connectivity index (χ2v) is 5.62. The summed E-state index contributed by atoms with van der Waals surface area (Å²) in [5.41, 5.74) is 0.353. The molecule has 0 aliphatic carbocycles. The maximum absolute atomic E-state index is 11.8. The van der Waals surface area contributed by atoms with E-state index < -0.39 is 0 Å². The minimum absolute atomic E-state index is 0.205. The van der Waals surface area contributed by atoms with Crippen molar-refractivity contribution in [2.75, 3.05) is 13.1 Å². The van der Waals surface area contributed by atoms with E-state index in [2.05, 4.69) is 27.7 Å². The van der Waals surface area contributed by atoms with Crippen molar-refractivity contribution in [3.05, 3.63) is 0 Å². The van der Waals surface area contributed by atoms with Crippen molar-refractivity contribution in [1.82, 2.24) is 4.90 Å². The molecule has 0 aromatic carbocycles. The Balaban J connectivity index is 2.38. The molecule has 0 N–H and O–H groups in total. The molecule has 82 valence electrons. The quantitative estimate of drug-likeness (QED) is 0.666. The molecule has 0 saturated carbocycles. The van der Waals surface area contributed by atoms with Gasteiger partial charge in [-0.3, -0.25) is 4.79 Å². The van der Waals surface area contributed by atoms with Crippen LogP contribution in [0.5, 0.6) is 0 Å². The third-order valence-electron chi connectivity index (χ3n) is 3.45. The highest BCUT2D eigenvalue weighted by atomic mass is 16.2. The van der Waals surface area contributed by atoms with Crippen LogP contribution in [0.3, 0.4) is 0 Å². The zero-order valence-electron chi connectivity index (χ0n) is 10.1. The number of nitrogens with zero attached hydrogens (tertiary/aromatic N) is 1. The van der Waals surface area contributed by atoms with Crippen LogP contribution in [-0.4, -0.2) is 23.9 Å². The first-order valence-corrected chi connectivity index (χ1v) is 5.65. The summed E-state index contributed by atoms with van der Waals surface area (Å²) in [5, 5.41) is 0. The van der Waals surface area contributed by atoms with Crippen LogP contribution in [0, 0.1) is 17.3 Å². The molecule has 1 rings (SSSR count). The third kappa shape index (κ3) is 2.28. The summed E-state index contributed by atoms with van der Waals surface area (Å²) >= 11 is 0. The number of hydrogen-bond donors (Lipinski definition) is 0. The molecule has 1 fully saturated rings. The first-order chi connectivity index (χ1) is 6.36. The molecule has 1 unspecified atom stereocenters. The average Bonchev–Trinajstić information content (AvgIpc) is 1.97. The van der Waals surface area contributed by atoms with Gasteiger partial charge in [0.05, 0.1) is 0 Å². The van der Waals surface area contributed by atoms with Crippen LogP contribution in [0.15, 0.2) is 0 Å². The molecule has 1 aliphatic heterocycles. The van der Waals surface area contributed by atoms with Crippen molar-refractivity contribution in [2.45, 2.75) is 41.0 Å². The van der Waals surface area contributed by atoms with Crippen molar-refractivity contribution in [3.8, 4) is 0 Å². The highest BCUT2D eigenvalue weighted by Crippen LogP contribution is 2.34. The van der Waals surface area contributed by atoms with Gasteiger partial charge in [-0.2, -0.15) is 0 Å². The molecule has 0 aromatic rings. The Bertz CT molecular complexity index is 211. The Morgan fingerprint density at radius 1 is 1.43 bits per heavy atom. The molecule has 1 saturated heterocycles. The number of rotatable bonds is 2. The molecule has 2 heteroatoms. The van der Waals surface area contributed by atoms with Gasteiger partial charge in [-0.25, -0.2) is 0 Å². The minimum Gasteiger partial charge on any atom is -0.342 e. The SMILES string of the molecule is CCC(C)C(=O)N1CC(C(C)(C)C)C1. The van der Waals surface area contributed by atoms with Crippen molar-refractivity contribution in [3.63, 3.8) is 0 Å². The van der Waals surface area contributed by atoms with E-state index in [1.54, 1.807) is 0 Å². The second kappa shape index (κ2) is 3.92. The van der Waals surface area contributed by atoms with E-state index in [4.69, 9.17) is 0 Å². The van der Waals surface area contributed by atoms with Crippen LogP contribution in [0.1, 0.15) is 41.0 Å². The van der Waals surface area contributed by atoms with Gasteiger partial charge in [0, 0.05) is 19.0 Å². The Morgan fingerprint density at radius 2 is 1.93 bits per heavy atom. The Hall–Kier alpha value is -0.530. The molecule has 0 aromatic heterocycles. The maximum Gasteiger partial charge on any atom is 0.225 e. The summed E-state index contributed by atoms with van der Waals surface area (Å²) in [5.74, 6) is 1.24. The zero-order valence-corrected chi connectivity index (χ0v) is 10.1. The summed E-state index contributed by atoms with van der Waals surface area (Å²) < 4.78 is 0. The van der Waals surface area contributed by atoms with Crippen LogP contribution >= 0.6 is 0 Å². The smallest absolute Gasteiger partial charge is 0.225 e. The molecular formula is C12H23NO. The summed E-state index contributed by atoms with van der Waals surface area (Å²) in [6.45, 7) is 12.8. The molecule has 14 heavy (non-hydrogen) atoms. The van der Waals surface area contributed by atoms with Gasteiger partial charge >= 0.3 is 0 Å². The van der Waals surface area contributed by atoms with Crippen molar-refractivity contribution in [2.24, 2.45) is 17.3 Å². The van der Waals surface area contributed by atoms with Gasteiger partial charge in [0.15, 0.2) is 0 Å². The lowest BCUT2D eigenvalue weighted by Gasteiger charge is -2.47. The van der Waals surface area contributed by atoms with Crippen molar-refractivity contribution in [1.29, 1.82) is 0 Å². The highest BCUT2D eigenvalue weighted by molar-refractivity contribution is 5.79. The third-order valence-corrected chi connectivity index (χ3v) is 3.45. The van der Waals surface area contributed by atoms with Gasteiger partial charge in [0.1, 0.15) is 0 Å². The Kier molecular flexibility index (Phi) is 3.23. The Labute approximate surface area is 87.7 Å². The van der Waals surface area contributed by atoms with Gasteiger partial charge in [-0.05, 0) is 17.8 Å². The van der Waals surface area contributed by atoms with Gasteiger partial charge in [0.2, 0.25) is 5.91 Å². The van der Waals surface area contributed by atoms with E-state index in [1.807, 2.05) is 11.8 Å². The molecular weight excluding hydrogens is 174 g/mol. The first-order valence-electron chi connectivity index (χ1n) is 5.65. The monoisotopic (exact) mass is 197 g/mol. The summed E-state index contributed by atoms with van der Waals surface area (Å²) in [6.07, 6.45) is 0.954. The fourth-order valence-electron chi connectivity index (χ4n) is 1.69. The predicted molar refractivity (Wildman–Crippen MR) is 59.0 cm³/mol. The average molecular weight is 197 g/mol. The van der Waals surface area contributed by atoms with Crippen LogP contribution < -0.4 is 0 Å². The standard InChI is InChI=1S/C12H23NO/c1-6-9(2)11(14)13-7-10(8-13)12(3,4)5/h9-10H,6-8H2,1-5H3. The zero-order chi connectivity index (χ0) is 10.9. The maximum atomic E-state index is 11.8. The van der Waals surface area contributed by atoms with E-state index in [0.29, 0.717) is 17.2 Å². The van der Waals surface area contributed by atoms with Gasteiger partial charge in [0.25, 0.3) is 0 Å². The second-order valence-electron chi connectivity index (χ2n) is 5.62. The molecule has 0 bridgehead atoms. The summed E-state index contributed by atoms with van der Waals surface area (Å²) in [4.78, 5) is 13.8. The lowest BCUT2D eigenvalue weighted by molar-refractivity contribution is -0.144. The number of amides is 1. The van der Waals surface area contributed by atoms with Crippen molar-refractivity contribution < 1.29 is 4.79 Å². The van der Waals surface area contributed by atoms with Crippen molar-refractivity contribution >= 4 is 5.91 Å². The van der Waals surface area contributed by atoms with E-state index >= 15 is 0 Å². The van der Waals surface area contributed by atoms with Crippen LogP contribution in [0.4, 0.5) is 0 Å². The molecule has 1 heterocycles. The minimum atomic E-state index is 0.205. The van der Waals surface area contributed by atoms with E-state index in [-0.39, 0.29) is 5.92 Å². The number of likely N-dealkylation sites (tertiary alicyclic amines) is 1. The molecule has 1 atom stereocenters. The lowest BCUT2D eigenvalue weighted by atomic mass is 9.75. The number of carbonyl (C=O) groups excluding carboxylic acids is 1. The van der Waals surface area contributed by atoms with E-state index in [1.165, 1.54) is 0 Å². The summed E-state index contributed by atoms with van der Waals surface area (Å²) in [6, 6.07) is 0. The first kappa shape index (κ1) is 11.5. The van der Waals surface area contributed by atoms with Gasteiger partial charge in [-0.15, -0.1) is 0 Å². The predicted octanol–water partition coefficient (Wildman–Crippen LogP) is 2.54. The van der Waals surface area contributed by atoms with Gasteiger partial charge in [-0.1, -0.05) is 34.6 Å². The normalized spacial score (nSPS) is 20.5. The fraction of sp³-hybridized carbons (Fsp3) is 0.917. The van der Waals surface area contributed by atoms with Crippen LogP contribution in [0.25, 0.3) is 0 Å². The van der Waals surface area contributed by atoms with Crippen LogP contribution in [0.2, 0.25) is 0 Å². The number of carbonyl (C=O) groups is 1. The number of hydrogen-bond acceptors (Lipinski definition) is 1. The topological polar surface area (TPSA) is 20.3 Å². The molecule has 1 aliphatic rings. The highest BCUT2D eigenvalue weighted by Gasteiger charge is 2.38. The molecule has 0 spiro atoms. The van der Waals surface area contributed by atoms with E-state index in [9.17, 15) is 4.79 Å². The fourth-order valence-corrected chi connectivity index (χ4v) is 1.69. The van der Waals surface area contributed by atoms with Crippen LogP contribution in [-0.2, 0) is 4.79 Å². The molecule has 1 amide bonds. The molecule has 0 radical (unpaired) electrons. The Morgan fingerprint density at radius 3 is 2.29 bits per heavy atom. The molecule has 2 nitrogen and oxygen atoms in total. The van der Waals surface area contributed by atoms with Gasteiger partial charge < -0.3 is 4.90 Å². The largest absolute Gasteiger partial charge is 0.342 e. The summed E-state index contributed by atoms with van der Waals surface area (Å²) in [7, 11) is 0.